The van der Waals surface area contributed by atoms with Gasteiger partial charge in [-0.1, -0.05) is 22.0 Å². The summed E-state index contributed by atoms with van der Waals surface area (Å²) in [5, 5.41) is 3.45. The number of benzene rings is 1. The minimum Gasteiger partial charge on any atom is -0.379 e. The molecular formula is C14H14Br2N2. The largest absolute Gasteiger partial charge is 0.379 e. The molecule has 0 saturated heterocycles. The molecule has 0 atom stereocenters. The summed E-state index contributed by atoms with van der Waals surface area (Å²) < 4.78 is 1.98. The summed E-state index contributed by atoms with van der Waals surface area (Å²) in [6, 6.07) is 10.2. The van der Waals surface area contributed by atoms with Crippen molar-refractivity contribution in [3.63, 3.8) is 0 Å². The lowest BCUT2D eigenvalue weighted by atomic mass is 10.1. The van der Waals surface area contributed by atoms with Gasteiger partial charge >= 0.3 is 0 Å². The first-order valence-electron chi connectivity index (χ1n) is 5.68. The molecule has 0 aliphatic rings. The van der Waals surface area contributed by atoms with E-state index >= 15 is 0 Å². The Bertz CT molecular complexity index is 544. The van der Waals surface area contributed by atoms with Crippen LogP contribution in [-0.4, -0.2) is 4.98 Å². The van der Waals surface area contributed by atoms with Gasteiger partial charge < -0.3 is 5.32 Å². The molecule has 1 aromatic carbocycles. The number of hydrogen-bond acceptors (Lipinski definition) is 2. The lowest BCUT2D eigenvalue weighted by Gasteiger charge is -2.13. The van der Waals surface area contributed by atoms with E-state index in [0.717, 1.165) is 21.3 Å². The summed E-state index contributed by atoms with van der Waals surface area (Å²) >= 11 is 6.89. The fourth-order valence-electron chi connectivity index (χ4n) is 1.92. The molecule has 1 heterocycles. The molecule has 2 nitrogen and oxygen atoms in total. The topological polar surface area (TPSA) is 24.9 Å². The zero-order valence-electron chi connectivity index (χ0n) is 10.3. The summed E-state index contributed by atoms with van der Waals surface area (Å²) in [4.78, 5) is 4.41. The zero-order valence-corrected chi connectivity index (χ0v) is 13.5. The van der Waals surface area contributed by atoms with Crippen molar-refractivity contribution in [3.8, 4) is 0 Å². The van der Waals surface area contributed by atoms with Crippen LogP contribution in [0, 0.1) is 13.8 Å². The van der Waals surface area contributed by atoms with Gasteiger partial charge in [0.15, 0.2) is 0 Å². The molecule has 0 radical (unpaired) electrons. The number of rotatable bonds is 3. The van der Waals surface area contributed by atoms with Gasteiger partial charge in [-0.3, -0.25) is 0 Å². The number of nitrogens with one attached hydrogen (secondary N) is 1. The van der Waals surface area contributed by atoms with Gasteiger partial charge in [0.1, 0.15) is 4.60 Å². The Kier molecular flexibility index (Phi) is 4.40. The molecular weight excluding hydrogens is 356 g/mol. The monoisotopic (exact) mass is 368 g/mol. The Balaban J connectivity index is 2.16. The molecule has 18 heavy (non-hydrogen) atoms. The van der Waals surface area contributed by atoms with E-state index in [1.165, 1.54) is 16.8 Å². The van der Waals surface area contributed by atoms with Gasteiger partial charge in [-0.15, -0.1) is 0 Å². The predicted molar refractivity (Wildman–Crippen MR) is 82.9 cm³/mol. The highest BCUT2D eigenvalue weighted by atomic mass is 79.9. The van der Waals surface area contributed by atoms with Crippen LogP contribution < -0.4 is 5.32 Å². The normalized spacial score (nSPS) is 10.4. The van der Waals surface area contributed by atoms with Crippen LogP contribution in [0.5, 0.6) is 0 Å². The van der Waals surface area contributed by atoms with Crippen LogP contribution in [0.3, 0.4) is 0 Å². The van der Waals surface area contributed by atoms with Gasteiger partial charge in [0, 0.05) is 10.2 Å². The second-order valence-electron chi connectivity index (χ2n) is 4.22. The molecule has 1 aromatic heterocycles. The highest BCUT2D eigenvalue weighted by Crippen LogP contribution is 2.25. The van der Waals surface area contributed by atoms with Crippen LogP contribution in [0.4, 0.5) is 5.69 Å². The van der Waals surface area contributed by atoms with Gasteiger partial charge in [0.25, 0.3) is 0 Å². The first-order chi connectivity index (χ1) is 8.56. The lowest BCUT2D eigenvalue weighted by molar-refractivity contribution is 1.02. The van der Waals surface area contributed by atoms with Crippen LogP contribution in [0.2, 0.25) is 0 Å². The Labute approximate surface area is 124 Å². The number of aryl methyl sites for hydroxylation is 2. The fraction of sp³-hybridized carbons (Fsp3) is 0.214. The molecule has 0 bridgehead atoms. The van der Waals surface area contributed by atoms with E-state index < -0.39 is 0 Å². The standard InChI is InChI=1S/C14H14Br2N2/c1-9-6-11(15)7-10(2)14(9)17-8-12-4-3-5-13(16)18-12/h3-7,17H,8H2,1-2H3. The summed E-state index contributed by atoms with van der Waals surface area (Å²) in [5.74, 6) is 0. The third-order valence-electron chi connectivity index (χ3n) is 2.72. The van der Waals surface area contributed by atoms with Crippen molar-refractivity contribution >= 4 is 37.5 Å². The van der Waals surface area contributed by atoms with Crippen LogP contribution in [0.25, 0.3) is 0 Å². The number of aromatic nitrogens is 1. The maximum atomic E-state index is 4.41. The molecule has 0 aliphatic heterocycles. The first-order valence-corrected chi connectivity index (χ1v) is 7.27. The van der Waals surface area contributed by atoms with Gasteiger partial charge in [0.2, 0.25) is 0 Å². The summed E-state index contributed by atoms with van der Waals surface area (Å²) in [7, 11) is 0. The SMILES string of the molecule is Cc1cc(Br)cc(C)c1NCc1cccc(Br)n1. The minimum absolute atomic E-state index is 0.725. The van der Waals surface area contributed by atoms with E-state index in [-0.39, 0.29) is 0 Å². The molecule has 0 aliphatic carbocycles. The molecule has 2 aromatic rings. The highest BCUT2D eigenvalue weighted by molar-refractivity contribution is 9.10. The molecule has 0 fully saturated rings. The van der Waals surface area contributed by atoms with Gasteiger partial charge in [-0.2, -0.15) is 0 Å². The average molecular weight is 370 g/mol. The van der Waals surface area contributed by atoms with E-state index in [4.69, 9.17) is 0 Å². The van der Waals surface area contributed by atoms with Gasteiger partial charge in [-0.25, -0.2) is 4.98 Å². The summed E-state index contributed by atoms with van der Waals surface area (Å²) in [6.07, 6.45) is 0. The number of anilines is 1. The van der Waals surface area contributed by atoms with Crippen LogP contribution in [0.1, 0.15) is 16.8 Å². The van der Waals surface area contributed by atoms with Crippen molar-refractivity contribution in [2.75, 3.05) is 5.32 Å². The zero-order chi connectivity index (χ0) is 13.1. The third kappa shape index (κ3) is 3.33. The minimum atomic E-state index is 0.725. The van der Waals surface area contributed by atoms with E-state index in [1.807, 2.05) is 18.2 Å². The fourth-order valence-corrected chi connectivity index (χ4v) is 2.98. The van der Waals surface area contributed by atoms with Crippen LogP contribution in [-0.2, 0) is 6.54 Å². The van der Waals surface area contributed by atoms with Crippen molar-refractivity contribution in [1.82, 2.24) is 4.98 Å². The molecule has 0 amide bonds. The Morgan fingerprint density at radius 3 is 2.39 bits per heavy atom. The van der Waals surface area contributed by atoms with Crippen LogP contribution in [0.15, 0.2) is 39.4 Å². The molecule has 4 heteroatoms. The molecule has 0 unspecified atom stereocenters. The van der Waals surface area contributed by atoms with Crippen molar-refractivity contribution in [2.24, 2.45) is 0 Å². The smallest absolute Gasteiger partial charge is 0.106 e. The molecule has 2 rings (SSSR count). The van der Waals surface area contributed by atoms with Crippen molar-refractivity contribution in [3.05, 3.63) is 56.2 Å². The van der Waals surface area contributed by atoms with Crippen molar-refractivity contribution < 1.29 is 0 Å². The van der Waals surface area contributed by atoms with E-state index in [0.29, 0.717) is 0 Å². The number of pyridine rings is 1. The molecule has 0 saturated carbocycles. The van der Waals surface area contributed by atoms with Crippen LogP contribution >= 0.6 is 31.9 Å². The summed E-state index contributed by atoms with van der Waals surface area (Å²) in [5.41, 5.74) is 4.67. The molecule has 1 N–H and O–H groups in total. The molecule has 94 valence electrons. The van der Waals surface area contributed by atoms with E-state index in [9.17, 15) is 0 Å². The van der Waals surface area contributed by atoms with Gasteiger partial charge in [0.05, 0.1) is 12.2 Å². The Morgan fingerprint density at radius 2 is 1.78 bits per heavy atom. The first kappa shape index (κ1) is 13.6. The molecule has 0 spiro atoms. The summed E-state index contributed by atoms with van der Waals surface area (Å²) in [6.45, 7) is 4.94. The van der Waals surface area contributed by atoms with Crippen molar-refractivity contribution in [1.29, 1.82) is 0 Å². The maximum absolute atomic E-state index is 4.41. The van der Waals surface area contributed by atoms with Crippen molar-refractivity contribution in [2.45, 2.75) is 20.4 Å². The number of nitrogens with zero attached hydrogens (tertiary/aromatic N) is 1. The number of hydrogen-bond donors (Lipinski definition) is 1. The third-order valence-corrected chi connectivity index (χ3v) is 3.62. The Hall–Kier alpha value is -0.870. The quantitative estimate of drug-likeness (QED) is 0.783. The highest BCUT2D eigenvalue weighted by Gasteiger charge is 2.04. The second-order valence-corrected chi connectivity index (χ2v) is 5.95. The predicted octanol–water partition coefficient (Wildman–Crippen LogP) is 4.84. The lowest BCUT2D eigenvalue weighted by Crippen LogP contribution is -2.04. The van der Waals surface area contributed by atoms with E-state index in [1.54, 1.807) is 0 Å². The number of halogens is 2. The average Bonchev–Trinajstić information content (AvgIpc) is 2.27. The van der Waals surface area contributed by atoms with E-state index in [2.05, 4.69) is 68.1 Å². The second kappa shape index (κ2) is 5.85. The van der Waals surface area contributed by atoms with Gasteiger partial charge in [-0.05, 0) is 65.2 Å². The Morgan fingerprint density at radius 1 is 1.11 bits per heavy atom. The maximum Gasteiger partial charge on any atom is 0.106 e.